The molecule has 20 heavy (non-hydrogen) atoms. The number of benzene rings is 1. The summed E-state index contributed by atoms with van der Waals surface area (Å²) in [6.07, 6.45) is 2.25. The highest BCUT2D eigenvalue weighted by Gasteiger charge is 2.18. The number of ether oxygens (including phenoxy) is 1. The van der Waals surface area contributed by atoms with Crippen LogP contribution in [0.3, 0.4) is 0 Å². The van der Waals surface area contributed by atoms with Gasteiger partial charge in [0, 0.05) is 6.04 Å². The molecule has 0 aliphatic carbocycles. The van der Waals surface area contributed by atoms with Crippen LogP contribution in [0.2, 0.25) is 0 Å². The van der Waals surface area contributed by atoms with E-state index in [1.165, 1.54) is 11.1 Å². The lowest BCUT2D eigenvalue weighted by Gasteiger charge is -2.23. The second kappa shape index (κ2) is 7.68. The monoisotopic (exact) mass is 277 g/mol. The fraction of sp³-hybridized carbons (Fsp3) is 0.667. The van der Waals surface area contributed by atoms with E-state index in [9.17, 15) is 0 Å². The predicted molar refractivity (Wildman–Crippen MR) is 87.7 cm³/mol. The Morgan fingerprint density at radius 2 is 1.95 bits per heavy atom. The lowest BCUT2D eigenvalue weighted by molar-refractivity contribution is 0.291. The van der Waals surface area contributed by atoms with Gasteiger partial charge >= 0.3 is 0 Å². The van der Waals surface area contributed by atoms with Gasteiger partial charge in [-0.15, -0.1) is 0 Å². The van der Waals surface area contributed by atoms with Crippen molar-refractivity contribution in [1.29, 1.82) is 0 Å². The summed E-state index contributed by atoms with van der Waals surface area (Å²) in [5, 5.41) is 3.43. The van der Waals surface area contributed by atoms with Crippen LogP contribution in [-0.4, -0.2) is 19.2 Å². The molecule has 114 valence electrons. The maximum Gasteiger partial charge on any atom is 0.123 e. The Kier molecular flexibility index (Phi) is 6.54. The molecule has 2 heteroatoms. The fourth-order valence-electron chi connectivity index (χ4n) is 2.39. The van der Waals surface area contributed by atoms with E-state index in [2.05, 4.69) is 65.1 Å². The van der Waals surface area contributed by atoms with Crippen LogP contribution < -0.4 is 10.1 Å². The van der Waals surface area contributed by atoms with Crippen molar-refractivity contribution < 1.29 is 4.74 Å². The maximum absolute atomic E-state index is 6.05. The van der Waals surface area contributed by atoms with E-state index in [0.29, 0.717) is 6.04 Å². The molecule has 0 aliphatic rings. The number of rotatable bonds is 7. The first-order valence-corrected chi connectivity index (χ1v) is 7.82. The fourth-order valence-corrected chi connectivity index (χ4v) is 2.39. The lowest BCUT2D eigenvalue weighted by atomic mass is 9.86. The van der Waals surface area contributed by atoms with Gasteiger partial charge in [0.25, 0.3) is 0 Å². The van der Waals surface area contributed by atoms with Crippen LogP contribution in [0, 0.1) is 6.92 Å². The van der Waals surface area contributed by atoms with E-state index in [-0.39, 0.29) is 5.41 Å². The molecule has 0 saturated heterocycles. The minimum atomic E-state index is 0.125. The average Bonchev–Trinajstić information content (AvgIpc) is 2.33. The zero-order valence-corrected chi connectivity index (χ0v) is 14.0. The standard InChI is InChI=1S/C18H31NO/c1-7-19-15(3)9-8-12-20-17-13-14(2)10-11-16(17)18(4,5)6/h10-11,13,15,19H,7-9,12H2,1-6H3. The van der Waals surface area contributed by atoms with Gasteiger partial charge in [0.05, 0.1) is 6.61 Å². The summed E-state index contributed by atoms with van der Waals surface area (Å²) in [5.74, 6) is 1.05. The molecular weight excluding hydrogens is 246 g/mol. The van der Waals surface area contributed by atoms with Crippen LogP contribution in [0.1, 0.15) is 58.6 Å². The number of hydrogen-bond donors (Lipinski definition) is 1. The molecular formula is C18H31NO. The van der Waals surface area contributed by atoms with Crippen molar-refractivity contribution in [3.05, 3.63) is 29.3 Å². The third-order valence-electron chi connectivity index (χ3n) is 3.54. The third kappa shape index (κ3) is 5.54. The third-order valence-corrected chi connectivity index (χ3v) is 3.54. The largest absolute Gasteiger partial charge is 0.493 e. The smallest absolute Gasteiger partial charge is 0.123 e. The predicted octanol–water partition coefficient (Wildman–Crippen LogP) is 4.45. The van der Waals surface area contributed by atoms with Crippen molar-refractivity contribution in [2.45, 2.75) is 65.8 Å². The summed E-state index contributed by atoms with van der Waals surface area (Å²) < 4.78 is 6.05. The molecule has 0 aliphatic heterocycles. The molecule has 0 fully saturated rings. The molecule has 1 unspecified atom stereocenters. The van der Waals surface area contributed by atoms with Crippen molar-refractivity contribution in [2.24, 2.45) is 0 Å². The van der Waals surface area contributed by atoms with Gasteiger partial charge in [0.15, 0.2) is 0 Å². The molecule has 1 N–H and O–H groups in total. The van der Waals surface area contributed by atoms with Crippen LogP contribution in [-0.2, 0) is 5.41 Å². The Hall–Kier alpha value is -1.02. The Balaban J connectivity index is 2.57. The summed E-state index contributed by atoms with van der Waals surface area (Å²) >= 11 is 0. The number of nitrogens with one attached hydrogen (secondary N) is 1. The van der Waals surface area contributed by atoms with Gasteiger partial charge in [-0.05, 0) is 55.8 Å². The van der Waals surface area contributed by atoms with Crippen molar-refractivity contribution in [3.63, 3.8) is 0 Å². The average molecular weight is 277 g/mol. The van der Waals surface area contributed by atoms with Gasteiger partial charge in [-0.1, -0.05) is 39.8 Å². The van der Waals surface area contributed by atoms with Crippen LogP contribution in [0.25, 0.3) is 0 Å². The summed E-state index contributed by atoms with van der Waals surface area (Å²) in [5.41, 5.74) is 2.68. The van der Waals surface area contributed by atoms with E-state index in [1.54, 1.807) is 0 Å². The second-order valence-corrected chi connectivity index (χ2v) is 6.70. The van der Waals surface area contributed by atoms with E-state index < -0.39 is 0 Å². The number of aryl methyl sites for hydroxylation is 1. The minimum absolute atomic E-state index is 0.125. The van der Waals surface area contributed by atoms with Gasteiger partial charge in [0.2, 0.25) is 0 Å². The molecule has 1 aromatic carbocycles. The second-order valence-electron chi connectivity index (χ2n) is 6.70. The Morgan fingerprint density at radius 3 is 2.55 bits per heavy atom. The van der Waals surface area contributed by atoms with Gasteiger partial charge in [-0.25, -0.2) is 0 Å². The van der Waals surface area contributed by atoms with Gasteiger partial charge in [0.1, 0.15) is 5.75 Å². The first-order valence-electron chi connectivity index (χ1n) is 7.82. The van der Waals surface area contributed by atoms with Crippen LogP contribution in [0.15, 0.2) is 18.2 Å². The summed E-state index contributed by atoms with van der Waals surface area (Å²) in [7, 11) is 0. The molecule has 0 aromatic heterocycles. The van der Waals surface area contributed by atoms with Crippen molar-refractivity contribution >= 4 is 0 Å². The van der Waals surface area contributed by atoms with Crippen molar-refractivity contribution in [3.8, 4) is 5.75 Å². The Labute approximate surface area is 124 Å². The molecule has 1 rings (SSSR count). The van der Waals surface area contributed by atoms with E-state index in [4.69, 9.17) is 4.74 Å². The molecule has 1 aromatic rings. The summed E-state index contributed by atoms with van der Waals surface area (Å²) in [6.45, 7) is 15.0. The number of hydrogen-bond acceptors (Lipinski definition) is 2. The van der Waals surface area contributed by atoms with Crippen molar-refractivity contribution in [1.82, 2.24) is 5.32 Å². The Bertz CT molecular complexity index is 406. The SMILES string of the molecule is CCNC(C)CCCOc1cc(C)ccc1C(C)(C)C. The van der Waals surface area contributed by atoms with Crippen molar-refractivity contribution in [2.75, 3.05) is 13.2 Å². The molecule has 0 radical (unpaired) electrons. The highest BCUT2D eigenvalue weighted by molar-refractivity contribution is 5.41. The summed E-state index contributed by atoms with van der Waals surface area (Å²) in [6, 6.07) is 7.10. The molecule has 0 amide bonds. The van der Waals surface area contributed by atoms with E-state index in [1.807, 2.05) is 0 Å². The zero-order valence-electron chi connectivity index (χ0n) is 14.0. The van der Waals surface area contributed by atoms with Gasteiger partial charge in [-0.2, -0.15) is 0 Å². The minimum Gasteiger partial charge on any atom is -0.493 e. The van der Waals surface area contributed by atoms with E-state index in [0.717, 1.165) is 31.7 Å². The van der Waals surface area contributed by atoms with Crippen LogP contribution >= 0.6 is 0 Å². The first-order chi connectivity index (χ1) is 9.34. The molecule has 0 saturated carbocycles. The molecule has 0 heterocycles. The molecule has 0 spiro atoms. The van der Waals surface area contributed by atoms with Crippen LogP contribution in [0.5, 0.6) is 5.75 Å². The molecule has 2 nitrogen and oxygen atoms in total. The molecule has 0 bridgehead atoms. The van der Waals surface area contributed by atoms with E-state index >= 15 is 0 Å². The quantitative estimate of drug-likeness (QED) is 0.743. The lowest BCUT2D eigenvalue weighted by Crippen LogP contribution is -2.25. The van der Waals surface area contributed by atoms with Gasteiger partial charge in [-0.3, -0.25) is 0 Å². The first kappa shape index (κ1) is 17.0. The van der Waals surface area contributed by atoms with Crippen LogP contribution in [0.4, 0.5) is 0 Å². The maximum atomic E-state index is 6.05. The Morgan fingerprint density at radius 1 is 1.25 bits per heavy atom. The summed E-state index contributed by atoms with van der Waals surface area (Å²) in [4.78, 5) is 0. The zero-order chi connectivity index (χ0) is 15.2. The highest BCUT2D eigenvalue weighted by atomic mass is 16.5. The normalized spacial score (nSPS) is 13.3. The highest BCUT2D eigenvalue weighted by Crippen LogP contribution is 2.32. The topological polar surface area (TPSA) is 21.3 Å². The van der Waals surface area contributed by atoms with Gasteiger partial charge < -0.3 is 10.1 Å². The molecule has 1 atom stereocenters.